The van der Waals surface area contributed by atoms with E-state index in [4.69, 9.17) is 0 Å². The number of rotatable bonds is 4. The molecule has 0 spiro atoms. The number of hydrogen-bond donors (Lipinski definition) is 0. The van der Waals surface area contributed by atoms with Gasteiger partial charge >= 0.3 is 0 Å². The lowest BCUT2D eigenvalue weighted by atomic mass is 10.0. The lowest BCUT2D eigenvalue weighted by molar-refractivity contribution is 0.0983. The molecule has 0 amide bonds. The van der Waals surface area contributed by atoms with Crippen molar-refractivity contribution >= 4 is 5.78 Å². The summed E-state index contributed by atoms with van der Waals surface area (Å²) in [5.74, 6) is 0.198. The van der Waals surface area contributed by atoms with Gasteiger partial charge in [0.1, 0.15) is 0 Å². The Kier molecular flexibility index (Phi) is 3.44. The minimum absolute atomic E-state index is 0.198. The van der Waals surface area contributed by atoms with Gasteiger partial charge in [0.15, 0.2) is 5.78 Å². The number of ketones is 1. The van der Waals surface area contributed by atoms with Gasteiger partial charge in [-0.2, -0.15) is 0 Å². The Bertz CT molecular complexity index is 298. The highest BCUT2D eigenvalue weighted by Crippen LogP contribution is 2.08. The Morgan fingerprint density at radius 2 is 1.85 bits per heavy atom. The first-order valence-electron chi connectivity index (χ1n) is 4.43. The van der Waals surface area contributed by atoms with Crippen LogP contribution in [-0.4, -0.2) is 5.78 Å². The van der Waals surface area contributed by atoms with Gasteiger partial charge in [0.2, 0.25) is 0 Å². The molecule has 68 valence electrons. The van der Waals surface area contributed by atoms with Gasteiger partial charge in [0.25, 0.3) is 0 Å². The van der Waals surface area contributed by atoms with E-state index in [1.807, 2.05) is 37.3 Å². The van der Waals surface area contributed by atoms with Gasteiger partial charge in [-0.05, 0) is 13.3 Å². The maximum Gasteiger partial charge on any atom is 0.163 e. The first-order valence-corrected chi connectivity index (χ1v) is 4.43. The predicted molar refractivity (Wildman–Crippen MR) is 54.8 cm³/mol. The Hall–Kier alpha value is -1.37. The van der Waals surface area contributed by atoms with Crippen molar-refractivity contribution in [3.05, 3.63) is 48.0 Å². The van der Waals surface area contributed by atoms with Gasteiger partial charge in [-0.1, -0.05) is 35.9 Å². The molecule has 0 bridgehead atoms. The van der Waals surface area contributed by atoms with Crippen molar-refractivity contribution in [2.45, 2.75) is 19.8 Å². The molecule has 1 nitrogen and oxygen atoms in total. The molecule has 0 fully saturated rings. The van der Waals surface area contributed by atoms with Gasteiger partial charge in [-0.15, -0.1) is 6.58 Å². The molecule has 0 heterocycles. The van der Waals surface area contributed by atoms with Gasteiger partial charge in [-0.25, -0.2) is 0 Å². The van der Waals surface area contributed by atoms with E-state index in [0.717, 1.165) is 17.6 Å². The van der Waals surface area contributed by atoms with Crippen LogP contribution in [0.2, 0.25) is 0 Å². The summed E-state index contributed by atoms with van der Waals surface area (Å²) >= 11 is 0. The highest BCUT2D eigenvalue weighted by molar-refractivity contribution is 5.96. The largest absolute Gasteiger partial charge is 0.294 e. The molecular weight excluding hydrogens is 160 g/mol. The monoisotopic (exact) mass is 174 g/mol. The molecule has 0 radical (unpaired) electrons. The zero-order valence-electron chi connectivity index (χ0n) is 7.92. The number of carbonyl (C=O) groups is 1. The van der Waals surface area contributed by atoms with Crippen LogP contribution in [0, 0.1) is 0 Å². The molecule has 1 heteroatoms. The van der Waals surface area contributed by atoms with Crippen LogP contribution < -0.4 is 0 Å². The molecule has 0 aromatic heterocycles. The molecule has 0 aliphatic carbocycles. The van der Waals surface area contributed by atoms with Crippen LogP contribution >= 0.6 is 0 Å². The van der Waals surface area contributed by atoms with Crippen LogP contribution in [0.1, 0.15) is 30.1 Å². The quantitative estimate of drug-likeness (QED) is 0.506. The van der Waals surface area contributed by atoms with E-state index in [1.54, 1.807) is 0 Å². The number of carbonyl (C=O) groups excluding carboxylic acids is 1. The lowest BCUT2D eigenvalue weighted by Crippen LogP contribution is -1.98. The second kappa shape index (κ2) is 4.61. The van der Waals surface area contributed by atoms with Crippen molar-refractivity contribution in [1.82, 2.24) is 0 Å². The average Bonchev–Trinajstić information content (AvgIpc) is 2.15. The second-order valence-corrected chi connectivity index (χ2v) is 3.25. The van der Waals surface area contributed by atoms with Gasteiger partial charge in [-0.3, -0.25) is 4.79 Å². The number of allylic oxidation sites excluding steroid dienone is 1. The molecule has 1 aromatic carbocycles. The highest BCUT2D eigenvalue weighted by atomic mass is 16.1. The smallest absolute Gasteiger partial charge is 0.163 e. The van der Waals surface area contributed by atoms with Crippen LogP contribution in [0.25, 0.3) is 0 Å². The third-order valence-corrected chi connectivity index (χ3v) is 1.87. The molecule has 0 saturated heterocycles. The molecule has 0 aliphatic rings. The summed E-state index contributed by atoms with van der Waals surface area (Å²) in [5.41, 5.74) is 1.85. The molecule has 0 atom stereocenters. The van der Waals surface area contributed by atoms with Crippen molar-refractivity contribution in [2.75, 3.05) is 0 Å². The summed E-state index contributed by atoms with van der Waals surface area (Å²) in [7, 11) is 0. The lowest BCUT2D eigenvalue weighted by Gasteiger charge is -1.99. The standard InChI is InChI=1S/C12H14O/c1-10(2)8-9-12(13)11-6-4-3-5-7-11/h3-7H,1,8-9H2,2H3. The summed E-state index contributed by atoms with van der Waals surface area (Å²) in [6, 6.07) is 9.37. The Morgan fingerprint density at radius 1 is 1.23 bits per heavy atom. The Balaban J connectivity index is 2.54. The highest BCUT2D eigenvalue weighted by Gasteiger charge is 2.03. The van der Waals surface area contributed by atoms with Crippen molar-refractivity contribution in [3.8, 4) is 0 Å². The SMILES string of the molecule is C=C(C)CCC(=O)c1ccccc1. The van der Waals surface area contributed by atoms with Gasteiger partial charge in [0, 0.05) is 12.0 Å². The molecule has 0 unspecified atom stereocenters. The molecule has 0 saturated carbocycles. The van der Waals surface area contributed by atoms with E-state index in [2.05, 4.69) is 6.58 Å². The van der Waals surface area contributed by atoms with Gasteiger partial charge < -0.3 is 0 Å². The Labute approximate surface area is 79.1 Å². The van der Waals surface area contributed by atoms with E-state index >= 15 is 0 Å². The molecule has 1 aromatic rings. The van der Waals surface area contributed by atoms with Crippen LogP contribution in [0.4, 0.5) is 0 Å². The first-order chi connectivity index (χ1) is 6.20. The van der Waals surface area contributed by atoms with E-state index < -0.39 is 0 Å². The molecule has 13 heavy (non-hydrogen) atoms. The third kappa shape index (κ3) is 3.24. The first kappa shape index (κ1) is 9.72. The van der Waals surface area contributed by atoms with Crippen LogP contribution in [0.3, 0.4) is 0 Å². The maximum atomic E-state index is 11.5. The number of hydrogen-bond acceptors (Lipinski definition) is 1. The molecule has 0 N–H and O–H groups in total. The number of benzene rings is 1. The van der Waals surface area contributed by atoms with Crippen molar-refractivity contribution in [1.29, 1.82) is 0 Å². The van der Waals surface area contributed by atoms with Gasteiger partial charge in [0.05, 0.1) is 0 Å². The fraction of sp³-hybridized carbons (Fsp3) is 0.250. The summed E-state index contributed by atoms with van der Waals surface area (Å²) in [6.45, 7) is 5.71. The normalized spacial score (nSPS) is 9.62. The molecule has 1 rings (SSSR count). The summed E-state index contributed by atoms with van der Waals surface area (Å²) in [6.07, 6.45) is 1.35. The van der Waals surface area contributed by atoms with Crippen molar-refractivity contribution in [2.24, 2.45) is 0 Å². The van der Waals surface area contributed by atoms with E-state index in [9.17, 15) is 4.79 Å². The van der Waals surface area contributed by atoms with E-state index in [1.165, 1.54) is 0 Å². The molecular formula is C12H14O. The van der Waals surface area contributed by atoms with E-state index in [-0.39, 0.29) is 5.78 Å². The fourth-order valence-electron chi connectivity index (χ4n) is 1.10. The van der Waals surface area contributed by atoms with Crippen molar-refractivity contribution < 1.29 is 4.79 Å². The summed E-state index contributed by atoms with van der Waals surface area (Å²) in [4.78, 5) is 11.5. The zero-order chi connectivity index (χ0) is 9.68. The van der Waals surface area contributed by atoms with E-state index in [0.29, 0.717) is 6.42 Å². The zero-order valence-corrected chi connectivity index (χ0v) is 7.92. The Morgan fingerprint density at radius 3 is 2.38 bits per heavy atom. The minimum Gasteiger partial charge on any atom is -0.294 e. The summed E-state index contributed by atoms with van der Waals surface area (Å²) in [5, 5.41) is 0. The van der Waals surface area contributed by atoms with Crippen molar-refractivity contribution in [3.63, 3.8) is 0 Å². The summed E-state index contributed by atoms with van der Waals surface area (Å²) < 4.78 is 0. The maximum absolute atomic E-state index is 11.5. The minimum atomic E-state index is 0.198. The predicted octanol–water partition coefficient (Wildman–Crippen LogP) is 3.23. The third-order valence-electron chi connectivity index (χ3n) is 1.87. The topological polar surface area (TPSA) is 17.1 Å². The fourth-order valence-corrected chi connectivity index (χ4v) is 1.10. The van der Waals surface area contributed by atoms with Crippen LogP contribution in [-0.2, 0) is 0 Å². The second-order valence-electron chi connectivity index (χ2n) is 3.25. The molecule has 0 aliphatic heterocycles. The average molecular weight is 174 g/mol. The number of Topliss-reactive ketones (excluding diaryl/α,β-unsaturated/α-hetero) is 1. The van der Waals surface area contributed by atoms with Crippen LogP contribution in [0.15, 0.2) is 42.5 Å². The van der Waals surface area contributed by atoms with Crippen LogP contribution in [0.5, 0.6) is 0 Å².